The van der Waals surface area contributed by atoms with Gasteiger partial charge in [0.1, 0.15) is 5.75 Å². The van der Waals surface area contributed by atoms with Gasteiger partial charge in [0.2, 0.25) is 0 Å². The zero-order chi connectivity index (χ0) is 16.1. The second-order valence-corrected chi connectivity index (χ2v) is 8.84. The van der Waals surface area contributed by atoms with Crippen LogP contribution >= 0.6 is 23.2 Å². The molecule has 2 saturated heterocycles. The molecule has 1 aromatic carbocycles. The number of halogens is 2. The van der Waals surface area contributed by atoms with Gasteiger partial charge in [-0.15, -0.1) is 0 Å². The van der Waals surface area contributed by atoms with Gasteiger partial charge in [0, 0.05) is 17.6 Å². The predicted octanol–water partition coefficient (Wildman–Crippen LogP) is 2.16. The number of sulfone groups is 1. The molecule has 3 atom stereocenters. The van der Waals surface area contributed by atoms with Gasteiger partial charge in [-0.2, -0.15) is 0 Å². The van der Waals surface area contributed by atoms with E-state index in [2.05, 4.69) is 0 Å². The van der Waals surface area contributed by atoms with Crippen molar-refractivity contribution >= 4 is 38.9 Å². The van der Waals surface area contributed by atoms with Gasteiger partial charge >= 0.3 is 0 Å². The highest BCUT2D eigenvalue weighted by Gasteiger charge is 2.50. The normalized spacial score (nSPS) is 27.0. The molecular weight excluding hydrogens is 349 g/mol. The van der Waals surface area contributed by atoms with Crippen LogP contribution in [0, 0.1) is 0 Å². The molecule has 2 heterocycles. The lowest BCUT2D eigenvalue weighted by molar-refractivity contribution is -0.138. The topological polar surface area (TPSA) is 63.7 Å². The molecule has 8 heteroatoms. The number of rotatable bonds is 3. The maximum atomic E-state index is 12.5. The minimum absolute atomic E-state index is 0.0534. The van der Waals surface area contributed by atoms with E-state index in [4.69, 9.17) is 27.9 Å². The molecule has 0 N–H and O–H groups in total. The molecular formula is C14H15Cl2NO4S. The quantitative estimate of drug-likeness (QED) is 0.825. The van der Waals surface area contributed by atoms with E-state index in [1.54, 1.807) is 30.0 Å². The Morgan fingerprint density at radius 3 is 2.68 bits per heavy atom. The van der Waals surface area contributed by atoms with Gasteiger partial charge in [-0.25, -0.2) is 8.42 Å². The second-order valence-electron chi connectivity index (χ2n) is 5.67. The largest absolute Gasteiger partial charge is 0.479 e. The minimum atomic E-state index is -3.02. The number of benzene rings is 1. The third-order valence-electron chi connectivity index (χ3n) is 4.14. The van der Waals surface area contributed by atoms with Crippen LogP contribution in [0.3, 0.4) is 0 Å². The van der Waals surface area contributed by atoms with Crippen molar-refractivity contribution in [3.8, 4) is 5.75 Å². The van der Waals surface area contributed by atoms with Gasteiger partial charge < -0.3 is 9.64 Å². The maximum Gasteiger partial charge on any atom is 0.263 e. The molecule has 2 aliphatic rings. The highest BCUT2D eigenvalue weighted by atomic mass is 35.5. The summed E-state index contributed by atoms with van der Waals surface area (Å²) in [5, 5.41) is 0.392. The second kappa shape index (κ2) is 5.58. The summed E-state index contributed by atoms with van der Waals surface area (Å²) in [4.78, 5) is 14.1. The van der Waals surface area contributed by atoms with Crippen LogP contribution in [0.2, 0.25) is 10.0 Å². The molecule has 22 heavy (non-hydrogen) atoms. The molecule has 0 aliphatic carbocycles. The molecule has 0 aromatic heterocycles. The summed E-state index contributed by atoms with van der Waals surface area (Å²) in [7, 11) is -3.02. The Morgan fingerprint density at radius 1 is 1.41 bits per heavy atom. The average Bonchev–Trinajstić information content (AvgIpc) is 2.96. The molecule has 0 spiro atoms. The zero-order valence-electron chi connectivity index (χ0n) is 11.8. The molecule has 3 unspecified atom stereocenters. The third-order valence-corrected chi connectivity index (χ3v) is 6.87. The average molecular weight is 364 g/mol. The molecule has 0 saturated carbocycles. The summed E-state index contributed by atoms with van der Waals surface area (Å²) in [6, 6.07) is 4.55. The minimum Gasteiger partial charge on any atom is -0.479 e. The van der Waals surface area contributed by atoms with Crippen molar-refractivity contribution in [2.45, 2.75) is 30.7 Å². The molecule has 2 fully saturated rings. The van der Waals surface area contributed by atoms with Gasteiger partial charge in [-0.1, -0.05) is 23.2 Å². The fourth-order valence-corrected chi connectivity index (χ4v) is 5.49. The van der Waals surface area contributed by atoms with Crippen LogP contribution in [0.1, 0.15) is 13.3 Å². The van der Waals surface area contributed by atoms with E-state index in [1.807, 2.05) is 0 Å². The summed E-state index contributed by atoms with van der Waals surface area (Å²) in [6.45, 7) is 1.89. The van der Waals surface area contributed by atoms with Gasteiger partial charge in [0.25, 0.3) is 5.91 Å². The van der Waals surface area contributed by atoms with Crippen LogP contribution in [-0.4, -0.2) is 48.9 Å². The lowest BCUT2D eigenvalue weighted by Crippen LogP contribution is -2.48. The van der Waals surface area contributed by atoms with Crippen molar-refractivity contribution in [1.82, 2.24) is 4.90 Å². The summed E-state index contributed by atoms with van der Waals surface area (Å²) in [5.74, 6) is 0.218. The van der Waals surface area contributed by atoms with Gasteiger partial charge in [0.15, 0.2) is 15.9 Å². The van der Waals surface area contributed by atoms with Crippen LogP contribution in [0.25, 0.3) is 0 Å². The van der Waals surface area contributed by atoms with E-state index < -0.39 is 21.2 Å². The molecule has 0 radical (unpaired) electrons. The molecule has 2 aliphatic heterocycles. The van der Waals surface area contributed by atoms with Crippen LogP contribution in [0.15, 0.2) is 18.2 Å². The van der Waals surface area contributed by atoms with E-state index in [1.165, 1.54) is 0 Å². The fraction of sp³-hybridized carbons (Fsp3) is 0.500. The number of carbonyl (C=O) groups excluding carboxylic acids is 1. The number of carbonyl (C=O) groups is 1. The standard InChI is InChI=1S/C14H15Cl2NO4S/c1-8(21-13-3-2-9(15)4-12(13)16)14(18)17-6-11-5-10(17)7-22(11,19)20/h2-4,8,10-11H,5-7H2,1H3. The SMILES string of the molecule is CC(Oc1ccc(Cl)cc1Cl)C(=O)N1CC2CC1CS2(=O)=O. The Morgan fingerprint density at radius 2 is 2.14 bits per heavy atom. The third kappa shape index (κ3) is 2.79. The highest BCUT2D eigenvalue weighted by molar-refractivity contribution is 7.92. The summed E-state index contributed by atoms with van der Waals surface area (Å²) < 4.78 is 29.1. The Kier molecular flexibility index (Phi) is 4.03. The molecule has 1 aromatic rings. The maximum absolute atomic E-state index is 12.5. The summed E-state index contributed by atoms with van der Waals surface area (Å²) >= 11 is 11.8. The van der Waals surface area contributed by atoms with Crippen LogP contribution in [0.5, 0.6) is 5.75 Å². The number of fused-ring (bicyclic) bond motifs is 2. The van der Waals surface area contributed by atoms with Crippen molar-refractivity contribution in [2.24, 2.45) is 0 Å². The van der Waals surface area contributed by atoms with Crippen LogP contribution in [0.4, 0.5) is 0 Å². The summed E-state index contributed by atoms with van der Waals surface area (Å²) in [6.07, 6.45) is -0.205. The number of hydrogen-bond donors (Lipinski definition) is 0. The predicted molar refractivity (Wildman–Crippen MR) is 84.2 cm³/mol. The first kappa shape index (κ1) is 15.9. The monoisotopic (exact) mass is 363 g/mol. The first-order valence-electron chi connectivity index (χ1n) is 6.91. The Bertz CT molecular complexity index is 722. The van der Waals surface area contributed by atoms with Crippen LogP contribution < -0.4 is 4.74 Å². The number of hydrogen-bond acceptors (Lipinski definition) is 4. The lowest BCUT2D eigenvalue weighted by atomic mass is 10.2. The van der Waals surface area contributed by atoms with Crippen molar-refractivity contribution < 1.29 is 17.9 Å². The van der Waals surface area contributed by atoms with Crippen molar-refractivity contribution in [1.29, 1.82) is 0 Å². The molecule has 3 rings (SSSR count). The van der Waals surface area contributed by atoms with E-state index >= 15 is 0 Å². The first-order chi connectivity index (χ1) is 10.3. The van der Waals surface area contributed by atoms with Crippen molar-refractivity contribution in [2.75, 3.05) is 12.3 Å². The van der Waals surface area contributed by atoms with Crippen molar-refractivity contribution in [3.05, 3.63) is 28.2 Å². The van der Waals surface area contributed by atoms with Gasteiger partial charge in [0.05, 0.1) is 16.0 Å². The zero-order valence-corrected chi connectivity index (χ0v) is 14.2. The highest BCUT2D eigenvalue weighted by Crippen LogP contribution is 2.34. The Balaban J connectivity index is 1.69. The molecule has 2 bridgehead atoms. The van der Waals surface area contributed by atoms with Gasteiger partial charge in [-0.3, -0.25) is 4.79 Å². The molecule has 120 valence electrons. The van der Waals surface area contributed by atoms with Crippen molar-refractivity contribution in [3.63, 3.8) is 0 Å². The number of amides is 1. The lowest BCUT2D eigenvalue weighted by Gasteiger charge is -2.29. The van der Waals surface area contributed by atoms with E-state index in [-0.39, 0.29) is 24.2 Å². The molecule has 1 amide bonds. The first-order valence-corrected chi connectivity index (χ1v) is 9.39. The van der Waals surface area contributed by atoms with E-state index in [0.717, 1.165) is 0 Å². The Hall–Kier alpha value is -0.980. The number of likely N-dealkylation sites (tertiary alicyclic amines) is 1. The number of nitrogens with zero attached hydrogens (tertiary/aromatic N) is 1. The van der Waals surface area contributed by atoms with Crippen LogP contribution in [-0.2, 0) is 14.6 Å². The van der Waals surface area contributed by atoms with Gasteiger partial charge in [-0.05, 0) is 31.5 Å². The number of ether oxygens (including phenoxy) is 1. The van der Waals surface area contributed by atoms with E-state index in [9.17, 15) is 13.2 Å². The smallest absolute Gasteiger partial charge is 0.263 e. The summed E-state index contributed by atoms with van der Waals surface area (Å²) in [5.41, 5.74) is 0. The fourth-order valence-electron chi connectivity index (χ4n) is 3.01. The Labute approximate surface area is 139 Å². The van der Waals surface area contributed by atoms with E-state index in [0.29, 0.717) is 22.2 Å². The molecule has 5 nitrogen and oxygen atoms in total.